The van der Waals surface area contributed by atoms with Gasteiger partial charge in [0.25, 0.3) is 0 Å². The van der Waals surface area contributed by atoms with E-state index in [1.807, 2.05) is 24.3 Å². The van der Waals surface area contributed by atoms with E-state index >= 15 is 0 Å². The Morgan fingerprint density at radius 3 is 2.00 bits per heavy atom. The predicted octanol–water partition coefficient (Wildman–Crippen LogP) is 2.59. The fourth-order valence-electron chi connectivity index (χ4n) is 2.97. The number of fused-ring (bicyclic) bond motifs is 1. The van der Waals surface area contributed by atoms with Crippen LogP contribution in [0.1, 0.15) is 11.7 Å². The van der Waals surface area contributed by atoms with Gasteiger partial charge in [0.2, 0.25) is 0 Å². The monoisotopic (exact) mass is 299 g/mol. The molecule has 1 heterocycles. The van der Waals surface area contributed by atoms with Gasteiger partial charge in [0.1, 0.15) is 11.9 Å². The van der Waals surface area contributed by atoms with Gasteiger partial charge < -0.3 is 14.9 Å². The second kappa shape index (κ2) is 4.91. The summed E-state index contributed by atoms with van der Waals surface area (Å²) in [4.78, 5) is 28.6. The molecule has 2 aromatic carbocycles. The zero-order chi connectivity index (χ0) is 16.0. The van der Waals surface area contributed by atoms with Crippen molar-refractivity contribution in [3.8, 4) is 5.75 Å². The van der Waals surface area contributed by atoms with E-state index in [2.05, 4.69) is 0 Å². The number of benzene rings is 2. The maximum absolute atomic E-state index is 12.2. The van der Waals surface area contributed by atoms with Crippen molar-refractivity contribution >= 4 is 22.8 Å². The standard InChI is InChI=1S/C16H17N3O3/c1-17-14(18(2)16(22)19(3)15(17)21)12-8-9-13(20)11-7-5-4-6-10(11)12/h4-9,14,20H,1-3H3. The molecule has 6 nitrogen and oxygen atoms in total. The van der Waals surface area contributed by atoms with Crippen LogP contribution in [0.15, 0.2) is 36.4 Å². The van der Waals surface area contributed by atoms with E-state index in [0.29, 0.717) is 5.39 Å². The molecule has 0 spiro atoms. The molecule has 4 amide bonds. The van der Waals surface area contributed by atoms with Crippen LogP contribution in [0.2, 0.25) is 0 Å². The summed E-state index contributed by atoms with van der Waals surface area (Å²) in [7, 11) is 4.78. The van der Waals surface area contributed by atoms with E-state index in [1.54, 1.807) is 26.2 Å². The van der Waals surface area contributed by atoms with Crippen LogP contribution in [0.5, 0.6) is 5.75 Å². The minimum Gasteiger partial charge on any atom is -0.507 e. The summed E-state index contributed by atoms with van der Waals surface area (Å²) in [5.74, 6) is 0.176. The lowest BCUT2D eigenvalue weighted by Crippen LogP contribution is -2.58. The lowest BCUT2D eigenvalue weighted by atomic mass is 10.00. The number of carbonyl (C=O) groups excluding carboxylic acids is 2. The molecule has 1 fully saturated rings. The maximum Gasteiger partial charge on any atom is 0.329 e. The third-order valence-electron chi connectivity index (χ3n) is 4.12. The first-order valence-electron chi connectivity index (χ1n) is 6.91. The van der Waals surface area contributed by atoms with Gasteiger partial charge in [-0.2, -0.15) is 0 Å². The molecule has 3 rings (SSSR count). The molecule has 0 aliphatic carbocycles. The Morgan fingerprint density at radius 2 is 1.41 bits per heavy atom. The Balaban J connectivity index is 2.20. The molecule has 1 N–H and O–H groups in total. The van der Waals surface area contributed by atoms with E-state index in [4.69, 9.17) is 0 Å². The van der Waals surface area contributed by atoms with Crippen molar-refractivity contribution in [2.24, 2.45) is 0 Å². The van der Waals surface area contributed by atoms with Crippen LogP contribution in [0.3, 0.4) is 0 Å². The van der Waals surface area contributed by atoms with Gasteiger partial charge in [0.15, 0.2) is 0 Å². The van der Waals surface area contributed by atoms with Crippen molar-refractivity contribution in [3.63, 3.8) is 0 Å². The first-order chi connectivity index (χ1) is 10.4. The lowest BCUT2D eigenvalue weighted by molar-refractivity contribution is 0.0609. The summed E-state index contributed by atoms with van der Waals surface area (Å²) < 4.78 is 0. The Labute approximate surface area is 128 Å². The smallest absolute Gasteiger partial charge is 0.329 e. The van der Waals surface area contributed by atoms with Gasteiger partial charge in [-0.25, -0.2) is 14.5 Å². The number of urea groups is 2. The van der Waals surface area contributed by atoms with E-state index in [1.165, 1.54) is 16.8 Å². The van der Waals surface area contributed by atoms with Crippen LogP contribution in [0.4, 0.5) is 9.59 Å². The van der Waals surface area contributed by atoms with E-state index in [-0.39, 0.29) is 17.8 Å². The summed E-state index contributed by atoms with van der Waals surface area (Å²) in [6.45, 7) is 0. The maximum atomic E-state index is 12.2. The van der Waals surface area contributed by atoms with Gasteiger partial charge in [-0.1, -0.05) is 30.3 Å². The number of imide groups is 1. The van der Waals surface area contributed by atoms with Crippen LogP contribution in [0, 0.1) is 0 Å². The van der Waals surface area contributed by atoms with Gasteiger partial charge in [-0.3, -0.25) is 0 Å². The SMILES string of the molecule is CN1C(=O)N(C)C(c2ccc(O)c3ccccc23)N(C)C1=O. The lowest BCUT2D eigenvalue weighted by Gasteiger charge is -2.43. The third kappa shape index (κ3) is 1.88. The van der Waals surface area contributed by atoms with Crippen LogP contribution in [0.25, 0.3) is 10.8 Å². The predicted molar refractivity (Wildman–Crippen MR) is 82.4 cm³/mol. The van der Waals surface area contributed by atoms with Crippen molar-refractivity contribution in [3.05, 3.63) is 42.0 Å². The van der Waals surface area contributed by atoms with E-state index in [0.717, 1.165) is 15.8 Å². The molecule has 2 aromatic rings. The number of hydrogen-bond donors (Lipinski definition) is 1. The van der Waals surface area contributed by atoms with Crippen molar-refractivity contribution in [2.75, 3.05) is 21.1 Å². The summed E-state index contributed by atoms with van der Waals surface area (Å²) in [6.07, 6.45) is -0.512. The number of aromatic hydroxyl groups is 1. The highest BCUT2D eigenvalue weighted by Crippen LogP contribution is 2.36. The molecule has 114 valence electrons. The van der Waals surface area contributed by atoms with Crippen molar-refractivity contribution in [1.29, 1.82) is 0 Å². The normalized spacial score (nSPS) is 16.8. The molecule has 0 unspecified atom stereocenters. The molecule has 0 aromatic heterocycles. The number of amides is 4. The third-order valence-corrected chi connectivity index (χ3v) is 4.12. The van der Waals surface area contributed by atoms with Crippen molar-refractivity contribution < 1.29 is 14.7 Å². The van der Waals surface area contributed by atoms with Crippen LogP contribution in [-0.2, 0) is 0 Å². The zero-order valence-corrected chi connectivity index (χ0v) is 12.6. The van der Waals surface area contributed by atoms with Crippen LogP contribution in [-0.4, -0.2) is 53.0 Å². The first-order valence-corrected chi connectivity index (χ1v) is 6.91. The second-order valence-electron chi connectivity index (χ2n) is 5.44. The molecule has 1 aliphatic heterocycles. The number of phenolic OH excluding ortho intramolecular Hbond substituents is 1. The van der Waals surface area contributed by atoms with Gasteiger partial charge in [-0.15, -0.1) is 0 Å². The van der Waals surface area contributed by atoms with Crippen LogP contribution >= 0.6 is 0 Å². The number of nitrogens with zero attached hydrogens (tertiary/aromatic N) is 3. The quantitative estimate of drug-likeness (QED) is 0.880. The summed E-state index contributed by atoms with van der Waals surface area (Å²) in [5, 5.41) is 11.5. The number of rotatable bonds is 1. The first kappa shape index (κ1) is 14.2. The molecule has 0 saturated carbocycles. The van der Waals surface area contributed by atoms with Crippen LogP contribution < -0.4 is 0 Å². The molecular formula is C16H17N3O3. The van der Waals surface area contributed by atoms with Crippen molar-refractivity contribution in [1.82, 2.24) is 14.7 Å². The molecule has 0 bridgehead atoms. The highest BCUT2D eigenvalue weighted by atomic mass is 16.3. The molecular weight excluding hydrogens is 282 g/mol. The van der Waals surface area contributed by atoms with Gasteiger partial charge in [0.05, 0.1) is 0 Å². The molecule has 6 heteroatoms. The second-order valence-corrected chi connectivity index (χ2v) is 5.44. The molecule has 22 heavy (non-hydrogen) atoms. The fraction of sp³-hybridized carbons (Fsp3) is 0.250. The Morgan fingerprint density at radius 1 is 0.864 bits per heavy atom. The number of hydrogen-bond acceptors (Lipinski definition) is 3. The summed E-state index contributed by atoms with van der Waals surface area (Å²) in [5.41, 5.74) is 0.799. The topological polar surface area (TPSA) is 64.1 Å². The minimum absolute atomic E-state index is 0.176. The highest BCUT2D eigenvalue weighted by Gasteiger charge is 2.39. The zero-order valence-electron chi connectivity index (χ0n) is 12.6. The average molecular weight is 299 g/mol. The van der Waals surface area contributed by atoms with E-state index in [9.17, 15) is 14.7 Å². The molecule has 0 radical (unpaired) electrons. The Kier molecular flexibility index (Phi) is 3.16. The number of phenols is 1. The summed E-state index contributed by atoms with van der Waals surface area (Å²) in [6, 6.07) is 10.0. The highest BCUT2D eigenvalue weighted by molar-refractivity contribution is 5.97. The Hall–Kier alpha value is -2.76. The fourth-order valence-corrected chi connectivity index (χ4v) is 2.97. The molecule has 1 aliphatic rings. The molecule has 1 saturated heterocycles. The largest absolute Gasteiger partial charge is 0.507 e. The number of carbonyl (C=O) groups is 2. The average Bonchev–Trinajstić information content (AvgIpc) is 2.53. The Bertz CT molecular complexity index is 752. The van der Waals surface area contributed by atoms with E-state index < -0.39 is 6.17 Å². The van der Waals surface area contributed by atoms with Gasteiger partial charge >= 0.3 is 12.1 Å². The minimum atomic E-state index is -0.512. The molecule has 0 atom stereocenters. The van der Waals surface area contributed by atoms with Gasteiger partial charge in [0, 0.05) is 32.1 Å². The van der Waals surface area contributed by atoms with Gasteiger partial charge in [-0.05, 0) is 11.5 Å². The van der Waals surface area contributed by atoms with Crippen molar-refractivity contribution in [2.45, 2.75) is 6.17 Å². The summed E-state index contributed by atoms with van der Waals surface area (Å²) >= 11 is 0.